The highest BCUT2D eigenvalue weighted by molar-refractivity contribution is 5.97. The summed E-state index contributed by atoms with van der Waals surface area (Å²) in [6.07, 6.45) is 0. The van der Waals surface area contributed by atoms with E-state index in [1.54, 1.807) is 0 Å². The second-order valence-corrected chi connectivity index (χ2v) is 4.46. The number of carbonyl (C=O) groups is 1. The number of benzene rings is 1. The van der Waals surface area contributed by atoms with Gasteiger partial charge in [0.2, 0.25) is 0 Å². The van der Waals surface area contributed by atoms with Crippen molar-refractivity contribution in [3.8, 4) is 0 Å². The molecule has 1 aromatic carbocycles. The van der Waals surface area contributed by atoms with Crippen molar-refractivity contribution in [3.05, 3.63) is 34.4 Å². The molecule has 16 heavy (non-hydrogen) atoms. The van der Waals surface area contributed by atoms with Crippen LogP contribution in [-0.4, -0.2) is 18.5 Å². The van der Waals surface area contributed by atoms with Gasteiger partial charge in [-0.2, -0.15) is 0 Å². The molecule has 0 aliphatic rings. The summed E-state index contributed by atoms with van der Waals surface area (Å²) in [5.74, 6) is -0.0349. The Morgan fingerprint density at radius 1 is 1.31 bits per heavy atom. The van der Waals surface area contributed by atoms with Gasteiger partial charge in [-0.3, -0.25) is 4.79 Å². The van der Waals surface area contributed by atoms with Gasteiger partial charge >= 0.3 is 0 Å². The summed E-state index contributed by atoms with van der Waals surface area (Å²) in [6, 6.07) is 4.02. The molecule has 3 heteroatoms. The predicted molar refractivity (Wildman–Crippen MR) is 66.6 cm³/mol. The second kappa shape index (κ2) is 5.12. The van der Waals surface area contributed by atoms with E-state index in [9.17, 15) is 4.79 Å². The van der Waals surface area contributed by atoms with Crippen LogP contribution in [0.15, 0.2) is 12.1 Å². The van der Waals surface area contributed by atoms with Crippen molar-refractivity contribution < 1.29 is 4.79 Å². The highest BCUT2D eigenvalue weighted by atomic mass is 16.1. The van der Waals surface area contributed by atoms with Gasteiger partial charge < -0.3 is 11.1 Å². The molecule has 0 aliphatic carbocycles. The highest BCUT2D eigenvalue weighted by Gasteiger charge is 2.12. The zero-order chi connectivity index (χ0) is 12.3. The van der Waals surface area contributed by atoms with Crippen molar-refractivity contribution in [2.24, 2.45) is 5.73 Å². The minimum Gasteiger partial charge on any atom is -0.350 e. The lowest BCUT2D eigenvalue weighted by Crippen LogP contribution is -2.35. The van der Waals surface area contributed by atoms with E-state index in [1.165, 1.54) is 5.56 Å². The number of carbonyl (C=O) groups excluding carboxylic acids is 1. The van der Waals surface area contributed by atoms with E-state index in [0.29, 0.717) is 6.54 Å². The number of rotatable bonds is 3. The van der Waals surface area contributed by atoms with E-state index in [4.69, 9.17) is 5.73 Å². The number of amides is 1. The molecule has 1 amide bonds. The van der Waals surface area contributed by atoms with Crippen LogP contribution in [0.3, 0.4) is 0 Å². The van der Waals surface area contributed by atoms with Gasteiger partial charge in [0.1, 0.15) is 0 Å². The standard InChI is InChI=1S/C13H20N2O/c1-8-5-9(2)12(10(3)6-8)13(16)15-7-11(4)14/h5-6,11H,7,14H2,1-4H3,(H,15,16). The minimum atomic E-state index is -0.0349. The van der Waals surface area contributed by atoms with E-state index in [-0.39, 0.29) is 11.9 Å². The normalized spacial score (nSPS) is 12.3. The molecule has 0 heterocycles. The highest BCUT2D eigenvalue weighted by Crippen LogP contribution is 2.15. The molecule has 0 radical (unpaired) electrons. The van der Waals surface area contributed by atoms with Crippen molar-refractivity contribution in [1.29, 1.82) is 0 Å². The van der Waals surface area contributed by atoms with Gasteiger partial charge in [-0.05, 0) is 38.8 Å². The monoisotopic (exact) mass is 220 g/mol. The molecule has 88 valence electrons. The van der Waals surface area contributed by atoms with Crippen LogP contribution >= 0.6 is 0 Å². The molecule has 1 rings (SSSR count). The van der Waals surface area contributed by atoms with Gasteiger partial charge in [-0.25, -0.2) is 0 Å². The summed E-state index contributed by atoms with van der Waals surface area (Å²) in [5.41, 5.74) is 9.58. The molecule has 3 N–H and O–H groups in total. The fourth-order valence-corrected chi connectivity index (χ4v) is 1.88. The Morgan fingerprint density at radius 2 is 1.81 bits per heavy atom. The fraction of sp³-hybridized carbons (Fsp3) is 0.462. The summed E-state index contributed by atoms with van der Waals surface area (Å²) in [5, 5.41) is 2.84. The first-order valence-corrected chi connectivity index (χ1v) is 5.53. The van der Waals surface area contributed by atoms with Crippen LogP contribution < -0.4 is 11.1 Å². The molecule has 0 spiro atoms. The van der Waals surface area contributed by atoms with Crippen LogP contribution in [0.1, 0.15) is 34.0 Å². The Kier molecular flexibility index (Phi) is 4.07. The van der Waals surface area contributed by atoms with E-state index < -0.39 is 0 Å². The van der Waals surface area contributed by atoms with Gasteiger partial charge in [0.05, 0.1) is 0 Å². The topological polar surface area (TPSA) is 55.1 Å². The SMILES string of the molecule is Cc1cc(C)c(C(=O)NCC(C)N)c(C)c1. The fourth-order valence-electron chi connectivity index (χ4n) is 1.88. The molecule has 0 aliphatic heterocycles. The molecule has 0 saturated heterocycles. The van der Waals surface area contributed by atoms with Crippen LogP contribution in [0, 0.1) is 20.8 Å². The Balaban J connectivity index is 2.91. The molecule has 1 aromatic rings. The maximum absolute atomic E-state index is 11.9. The lowest BCUT2D eigenvalue weighted by atomic mass is 9.99. The third kappa shape index (κ3) is 3.07. The predicted octanol–water partition coefficient (Wildman–Crippen LogP) is 1.69. The molecular weight excluding hydrogens is 200 g/mol. The Hall–Kier alpha value is -1.35. The van der Waals surface area contributed by atoms with Crippen LogP contribution in [0.2, 0.25) is 0 Å². The Morgan fingerprint density at radius 3 is 2.25 bits per heavy atom. The van der Waals surface area contributed by atoms with E-state index in [2.05, 4.69) is 5.32 Å². The summed E-state index contributed by atoms with van der Waals surface area (Å²) >= 11 is 0. The largest absolute Gasteiger partial charge is 0.350 e. The number of hydrogen-bond acceptors (Lipinski definition) is 2. The average Bonchev–Trinajstić information content (AvgIpc) is 2.12. The Labute approximate surface area is 97.0 Å². The van der Waals surface area contributed by atoms with E-state index >= 15 is 0 Å². The van der Waals surface area contributed by atoms with Crippen LogP contribution in [-0.2, 0) is 0 Å². The van der Waals surface area contributed by atoms with E-state index in [1.807, 2.05) is 39.8 Å². The number of nitrogens with two attached hydrogens (primary N) is 1. The van der Waals surface area contributed by atoms with Crippen molar-refractivity contribution in [1.82, 2.24) is 5.32 Å². The van der Waals surface area contributed by atoms with E-state index in [0.717, 1.165) is 16.7 Å². The van der Waals surface area contributed by atoms with Crippen LogP contribution in [0.25, 0.3) is 0 Å². The lowest BCUT2D eigenvalue weighted by Gasteiger charge is -2.12. The van der Waals surface area contributed by atoms with Crippen molar-refractivity contribution in [2.75, 3.05) is 6.54 Å². The molecule has 0 saturated carbocycles. The van der Waals surface area contributed by atoms with Gasteiger partial charge in [0.15, 0.2) is 0 Å². The third-order valence-corrected chi connectivity index (χ3v) is 2.49. The van der Waals surface area contributed by atoms with Gasteiger partial charge in [0.25, 0.3) is 5.91 Å². The number of nitrogens with one attached hydrogen (secondary N) is 1. The third-order valence-electron chi connectivity index (χ3n) is 2.49. The summed E-state index contributed by atoms with van der Waals surface area (Å²) in [4.78, 5) is 11.9. The van der Waals surface area contributed by atoms with Gasteiger partial charge in [-0.15, -0.1) is 0 Å². The van der Waals surface area contributed by atoms with Crippen molar-refractivity contribution >= 4 is 5.91 Å². The molecular formula is C13H20N2O. The summed E-state index contributed by atoms with van der Waals surface area (Å²) in [6.45, 7) is 8.33. The summed E-state index contributed by atoms with van der Waals surface area (Å²) in [7, 11) is 0. The number of hydrogen-bond donors (Lipinski definition) is 2. The maximum atomic E-state index is 11.9. The molecule has 0 fully saturated rings. The smallest absolute Gasteiger partial charge is 0.251 e. The molecule has 1 atom stereocenters. The first-order valence-electron chi connectivity index (χ1n) is 5.53. The molecule has 0 aromatic heterocycles. The second-order valence-electron chi connectivity index (χ2n) is 4.46. The first kappa shape index (κ1) is 12.7. The average molecular weight is 220 g/mol. The zero-order valence-electron chi connectivity index (χ0n) is 10.4. The number of aryl methyl sites for hydroxylation is 3. The molecule has 1 unspecified atom stereocenters. The van der Waals surface area contributed by atoms with Crippen LogP contribution in [0.4, 0.5) is 0 Å². The minimum absolute atomic E-state index is 0.0185. The summed E-state index contributed by atoms with van der Waals surface area (Å²) < 4.78 is 0. The lowest BCUT2D eigenvalue weighted by molar-refractivity contribution is 0.0950. The van der Waals surface area contributed by atoms with Crippen molar-refractivity contribution in [3.63, 3.8) is 0 Å². The molecule has 0 bridgehead atoms. The first-order chi connectivity index (χ1) is 7.41. The maximum Gasteiger partial charge on any atom is 0.251 e. The molecule has 3 nitrogen and oxygen atoms in total. The van der Waals surface area contributed by atoms with Gasteiger partial charge in [0, 0.05) is 18.2 Å². The van der Waals surface area contributed by atoms with Crippen LogP contribution in [0.5, 0.6) is 0 Å². The van der Waals surface area contributed by atoms with Gasteiger partial charge in [-0.1, -0.05) is 17.7 Å². The zero-order valence-corrected chi connectivity index (χ0v) is 10.4. The van der Waals surface area contributed by atoms with Crippen molar-refractivity contribution in [2.45, 2.75) is 33.7 Å². The quantitative estimate of drug-likeness (QED) is 0.814. The Bertz CT molecular complexity index is 374.